The molecule has 0 saturated heterocycles. The van der Waals surface area contributed by atoms with Crippen LogP contribution in [-0.4, -0.2) is 24.6 Å². The van der Waals surface area contributed by atoms with Crippen molar-refractivity contribution in [3.05, 3.63) is 64.7 Å². The van der Waals surface area contributed by atoms with Crippen molar-refractivity contribution >= 4 is 29.1 Å². The molecule has 0 aliphatic rings. The van der Waals surface area contributed by atoms with Gasteiger partial charge in [-0.15, -0.1) is 0 Å². The lowest BCUT2D eigenvalue weighted by Crippen LogP contribution is -2.26. The van der Waals surface area contributed by atoms with E-state index in [1.165, 1.54) is 0 Å². The predicted molar refractivity (Wildman–Crippen MR) is 101 cm³/mol. The fraction of sp³-hybridized carbons (Fsp3) is 0.211. The summed E-state index contributed by atoms with van der Waals surface area (Å²) in [5.41, 5.74) is 4.34. The zero-order chi connectivity index (χ0) is 18.9. The van der Waals surface area contributed by atoms with Crippen LogP contribution in [0.1, 0.15) is 29.3 Å². The summed E-state index contributed by atoms with van der Waals surface area (Å²) >= 11 is 5.82. The number of benzene rings is 2. The number of rotatable bonds is 7. The van der Waals surface area contributed by atoms with Crippen molar-refractivity contribution < 1.29 is 14.3 Å². The van der Waals surface area contributed by atoms with Crippen molar-refractivity contribution in [2.45, 2.75) is 19.9 Å². The second kappa shape index (κ2) is 9.58. The second-order valence-corrected chi connectivity index (χ2v) is 6.03. The maximum Gasteiger partial charge on any atom is 0.271 e. The minimum absolute atomic E-state index is 0.0937. The number of halogens is 1. The number of hydrogen-bond acceptors (Lipinski definition) is 4. The number of hydrogen-bond donors (Lipinski definition) is 2. The maximum absolute atomic E-state index is 12.0. The molecule has 0 spiro atoms. The van der Waals surface area contributed by atoms with Gasteiger partial charge < -0.3 is 10.1 Å². The summed E-state index contributed by atoms with van der Waals surface area (Å²) in [5.74, 6) is 0.132. The molecule has 0 heterocycles. The molecule has 0 aromatic heterocycles. The molecule has 26 heavy (non-hydrogen) atoms. The Hall–Kier alpha value is -2.86. The Morgan fingerprint density at radius 2 is 1.73 bits per heavy atom. The zero-order valence-electron chi connectivity index (χ0n) is 14.6. The van der Waals surface area contributed by atoms with Crippen LogP contribution in [0.4, 0.5) is 0 Å². The summed E-state index contributed by atoms with van der Waals surface area (Å²) in [6.07, 6.45) is 0.0937. The molecule has 0 atom stereocenters. The molecule has 7 heteroatoms. The van der Waals surface area contributed by atoms with E-state index in [1.54, 1.807) is 50.4 Å². The second-order valence-electron chi connectivity index (χ2n) is 5.60. The monoisotopic (exact) mass is 373 g/mol. The number of nitrogens with one attached hydrogen (secondary N) is 2. The molecule has 136 valence electrons. The molecule has 0 fully saturated rings. The first-order valence-electron chi connectivity index (χ1n) is 7.96. The molecule has 0 saturated carbocycles. The van der Waals surface area contributed by atoms with E-state index < -0.39 is 0 Å². The molecule has 2 aromatic carbocycles. The van der Waals surface area contributed by atoms with Crippen molar-refractivity contribution in [1.82, 2.24) is 10.7 Å². The van der Waals surface area contributed by atoms with Crippen LogP contribution in [0, 0.1) is 0 Å². The van der Waals surface area contributed by atoms with Crippen molar-refractivity contribution in [2.24, 2.45) is 5.10 Å². The van der Waals surface area contributed by atoms with E-state index in [2.05, 4.69) is 15.8 Å². The number of carbonyl (C=O) groups is 2. The Balaban J connectivity index is 1.79. The van der Waals surface area contributed by atoms with Crippen molar-refractivity contribution in [2.75, 3.05) is 7.11 Å². The Bertz CT molecular complexity index is 787. The van der Waals surface area contributed by atoms with E-state index in [0.29, 0.717) is 28.6 Å². The van der Waals surface area contributed by atoms with Crippen LogP contribution in [0.3, 0.4) is 0 Å². The summed E-state index contributed by atoms with van der Waals surface area (Å²) in [6.45, 7) is 2.08. The lowest BCUT2D eigenvalue weighted by molar-refractivity contribution is -0.120. The molecule has 2 amide bonds. The smallest absolute Gasteiger partial charge is 0.271 e. The van der Waals surface area contributed by atoms with Gasteiger partial charge in [0.25, 0.3) is 5.91 Å². The highest BCUT2D eigenvalue weighted by atomic mass is 35.5. The molecule has 2 rings (SSSR count). The van der Waals surface area contributed by atoms with Gasteiger partial charge >= 0.3 is 0 Å². The minimum atomic E-state index is -0.353. The van der Waals surface area contributed by atoms with Crippen LogP contribution in [-0.2, 0) is 11.3 Å². The van der Waals surface area contributed by atoms with Crippen LogP contribution >= 0.6 is 11.6 Å². The summed E-state index contributed by atoms with van der Waals surface area (Å²) in [5, 5.41) is 7.40. The molecule has 0 aliphatic carbocycles. The molecule has 0 aliphatic heterocycles. The molecule has 0 unspecified atom stereocenters. The number of hydrazone groups is 1. The normalized spacial score (nSPS) is 11.0. The van der Waals surface area contributed by atoms with Crippen molar-refractivity contribution in [3.63, 3.8) is 0 Å². The van der Waals surface area contributed by atoms with Gasteiger partial charge in [-0.05, 0) is 48.9 Å². The number of ether oxygens (including phenoxy) is 1. The third-order valence-corrected chi connectivity index (χ3v) is 3.77. The highest BCUT2D eigenvalue weighted by molar-refractivity contribution is 6.30. The molecule has 6 nitrogen and oxygen atoms in total. The summed E-state index contributed by atoms with van der Waals surface area (Å²) in [4.78, 5) is 23.9. The van der Waals surface area contributed by atoms with Crippen LogP contribution in [0.2, 0.25) is 5.02 Å². The molecule has 2 aromatic rings. The number of carbonyl (C=O) groups excluding carboxylic acids is 2. The van der Waals surface area contributed by atoms with Crippen molar-refractivity contribution in [3.8, 4) is 5.75 Å². The van der Waals surface area contributed by atoms with Gasteiger partial charge in [0.1, 0.15) is 5.75 Å². The zero-order valence-corrected chi connectivity index (χ0v) is 15.3. The first-order valence-corrected chi connectivity index (χ1v) is 8.34. The number of amides is 2. The van der Waals surface area contributed by atoms with E-state index in [9.17, 15) is 9.59 Å². The fourth-order valence-corrected chi connectivity index (χ4v) is 2.22. The number of methoxy groups -OCH3 is 1. The largest absolute Gasteiger partial charge is 0.497 e. The van der Waals surface area contributed by atoms with Gasteiger partial charge in [0.15, 0.2) is 0 Å². The molecule has 0 radical (unpaired) electrons. The quantitative estimate of drug-likeness (QED) is 0.578. The van der Waals surface area contributed by atoms with Crippen LogP contribution in [0.25, 0.3) is 0 Å². The molecular formula is C19H20ClN3O3. The summed E-state index contributed by atoms with van der Waals surface area (Å²) in [7, 11) is 1.56. The predicted octanol–water partition coefficient (Wildman–Crippen LogP) is 3.16. The van der Waals surface area contributed by atoms with E-state index in [-0.39, 0.29) is 18.2 Å². The van der Waals surface area contributed by atoms with E-state index in [1.807, 2.05) is 12.1 Å². The van der Waals surface area contributed by atoms with Gasteiger partial charge in [-0.25, -0.2) is 5.43 Å². The van der Waals surface area contributed by atoms with E-state index in [0.717, 1.165) is 5.56 Å². The Labute approximate surface area is 157 Å². The fourth-order valence-electron chi connectivity index (χ4n) is 2.09. The molecule has 0 bridgehead atoms. The Kier molecular flexibility index (Phi) is 7.17. The van der Waals surface area contributed by atoms with Gasteiger partial charge in [0, 0.05) is 22.8 Å². The lowest BCUT2D eigenvalue weighted by atomic mass is 10.2. The lowest BCUT2D eigenvalue weighted by Gasteiger charge is -2.06. The van der Waals surface area contributed by atoms with Gasteiger partial charge in [0.2, 0.25) is 5.91 Å². The molecule has 2 N–H and O–H groups in total. The van der Waals surface area contributed by atoms with Crippen molar-refractivity contribution in [1.29, 1.82) is 0 Å². The minimum Gasteiger partial charge on any atom is -0.497 e. The van der Waals surface area contributed by atoms with Gasteiger partial charge in [-0.2, -0.15) is 5.10 Å². The first kappa shape index (κ1) is 19.5. The maximum atomic E-state index is 12.0. The average Bonchev–Trinajstić information content (AvgIpc) is 2.65. The third kappa shape index (κ3) is 6.22. The standard InChI is InChI=1S/C19H20ClN3O3/c1-13(11-18(24)21-12-14-3-7-16(20)8-4-14)22-23-19(25)15-5-9-17(26-2)10-6-15/h3-10H,11-12H2,1-2H3,(H,21,24)(H,23,25). The van der Waals surface area contributed by atoms with Crippen LogP contribution in [0.15, 0.2) is 53.6 Å². The average molecular weight is 374 g/mol. The third-order valence-electron chi connectivity index (χ3n) is 3.52. The van der Waals surface area contributed by atoms with Crippen LogP contribution in [0.5, 0.6) is 5.75 Å². The van der Waals surface area contributed by atoms with Gasteiger partial charge in [-0.1, -0.05) is 23.7 Å². The highest BCUT2D eigenvalue weighted by Gasteiger charge is 2.07. The SMILES string of the molecule is COc1ccc(C(=O)NN=C(C)CC(=O)NCc2ccc(Cl)cc2)cc1. The molecular weight excluding hydrogens is 354 g/mol. The summed E-state index contributed by atoms with van der Waals surface area (Å²) < 4.78 is 5.04. The first-order chi connectivity index (χ1) is 12.5. The Morgan fingerprint density at radius 3 is 2.35 bits per heavy atom. The topological polar surface area (TPSA) is 79.8 Å². The van der Waals surface area contributed by atoms with Crippen LogP contribution < -0.4 is 15.5 Å². The summed E-state index contributed by atoms with van der Waals surface area (Å²) in [6, 6.07) is 13.9. The Morgan fingerprint density at radius 1 is 1.08 bits per heavy atom. The van der Waals surface area contributed by atoms with E-state index in [4.69, 9.17) is 16.3 Å². The highest BCUT2D eigenvalue weighted by Crippen LogP contribution is 2.11. The van der Waals surface area contributed by atoms with Gasteiger partial charge in [0.05, 0.1) is 13.5 Å². The number of nitrogens with zero attached hydrogens (tertiary/aromatic N) is 1. The van der Waals surface area contributed by atoms with E-state index >= 15 is 0 Å². The van der Waals surface area contributed by atoms with Gasteiger partial charge in [-0.3, -0.25) is 9.59 Å².